The maximum absolute atomic E-state index is 12.3. The number of carbonyl (C=O) groups excluding carboxylic acids is 1. The zero-order valence-corrected chi connectivity index (χ0v) is 23.0. The molecule has 31 heavy (non-hydrogen) atoms. The number of nitrogens with zero attached hydrogens (tertiary/aromatic N) is 2. The van der Waals surface area contributed by atoms with Gasteiger partial charge >= 0.3 is 6.09 Å². The second-order valence-electron chi connectivity index (χ2n) is 8.54. The van der Waals surface area contributed by atoms with E-state index < -0.39 is 22.5 Å². The summed E-state index contributed by atoms with van der Waals surface area (Å²) < 4.78 is 17.7. The molecule has 7 nitrogen and oxygen atoms in total. The van der Waals surface area contributed by atoms with Crippen LogP contribution in [0.4, 0.5) is 4.79 Å². The lowest BCUT2D eigenvalue weighted by Gasteiger charge is -2.28. The molecule has 1 amide bonds. The number of hydrogen-bond donors (Lipinski definition) is 2. The van der Waals surface area contributed by atoms with Crippen LogP contribution in [0.1, 0.15) is 41.0 Å². The molecule has 2 atom stereocenters. The third kappa shape index (κ3) is 12.3. The van der Waals surface area contributed by atoms with Crippen LogP contribution in [0.3, 0.4) is 0 Å². The van der Waals surface area contributed by atoms with Gasteiger partial charge in [0.15, 0.2) is 5.96 Å². The van der Waals surface area contributed by atoms with Crippen LogP contribution in [-0.2, 0) is 15.5 Å². The Morgan fingerprint density at radius 3 is 2.35 bits per heavy atom. The average molecular weight is 567 g/mol. The van der Waals surface area contributed by atoms with Gasteiger partial charge in [-0.05, 0) is 45.2 Å². The van der Waals surface area contributed by atoms with Crippen LogP contribution in [0, 0.1) is 5.92 Å². The molecule has 1 aromatic rings. The van der Waals surface area contributed by atoms with Crippen molar-refractivity contribution in [3.8, 4) is 0 Å². The number of amides is 1. The van der Waals surface area contributed by atoms with Gasteiger partial charge in [-0.25, -0.2) is 4.79 Å². The largest absolute Gasteiger partial charge is 0.444 e. The van der Waals surface area contributed by atoms with Crippen molar-refractivity contribution in [2.24, 2.45) is 10.9 Å². The number of carbonyl (C=O) groups is 1. The standard InChI is InChI=1S/C22H38N4O3S.HI/c1-17(2)19(25-21(27)29-22(3,4)5)13-15-26(7)20(23-6)24-14-16-30(28)18-11-9-8-10-12-18;/h8-12,17,19H,13-16H2,1-7H3,(H,23,24)(H,25,27);1H. The van der Waals surface area contributed by atoms with E-state index in [2.05, 4.69) is 29.5 Å². The Hall–Kier alpha value is -1.36. The molecule has 2 unspecified atom stereocenters. The van der Waals surface area contributed by atoms with E-state index in [1.54, 1.807) is 7.05 Å². The van der Waals surface area contributed by atoms with Crippen LogP contribution in [0.5, 0.6) is 0 Å². The topological polar surface area (TPSA) is 83.0 Å². The summed E-state index contributed by atoms with van der Waals surface area (Å²) in [5.74, 6) is 1.51. The predicted octanol–water partition coefficient (Wildman–Crippen LogP) is 3.86. The molecule has 0 saturated heterocycles. The molecular formula is C22H39IN4O3S. The van der Waals surface area contributed by atoms with Crippen LogP contribution in [0.25, 0.3) is 0 Å². The smallest absolute Gasteiger partial charge is 0.407 e. The molecule has 1 rings (SSSR count). The molecule has 0 aliphatic heterocycles. The monoisotopic (exact) mass is 566 g/mol. The maximum Gasteiger partial charge on any atom is 0.407 e. The number of nitrogens with one attached hydrogen (secondary N) is 2. The van der Waals surface area contributed by atoms with E-state index in [9.17, 15) is 9.00 Å². The molecule has 0 aliphatic rings. The number of guanidine groups is 1. The van der Waals surface area contributed by atoms with E-state index in [0.29, 0.717) is 18.8 Å². The molecule has 0 heterocycles. The van der Waals surface area contributed by atoms with Gasteiger partial charge in [-0.2, -0.15) is 0 Å². The highest BCUT2D eigenvalue weighted by molar-refractivity contribution is 14.0. The summed E-state index contributed by atoms with van der Waals surface area (Å²) in [6, 6.07) is 9.44. The van der Waals surface area contributed by atoms with Crippen LogP contribution < -0.4 is 10.6 Å². The minimum Gasteiger partial charge on any atom is -0.444 e. The highest BCUT2D eigenvalue weighted by atomic mass is 127. The molecule has 0 fully saturated rings. The molecule has 178 valence electrons. The normalized spacial score (nSPS) is 13.7. The van der Waals surface area contributed by atoms with Crippen molar-refractivity contribution < 1.29 is 13.7 Å². The lowest BCUT2D eigenvalue weighted by molar-refractivity contribution is 0.0486. The first-order chi connectivity index (χ1) is 14.0. The minimum atomic E-state index is -1.04. The van der Waals surface area contributed by atoms with Gasteiger partial charge < -0.3 is 20.3 Å². The van der Waals surface area contributed by atoms with E-state index in [0.717, 1.165) is 17.3 Å². The van der Waals surface area contributed by atoms with Gasteiger partial charge in [0.05, 0.1) is 10.8 Å². The SMILES string of the molecule is CN=C(NCCS(=O)c1ccccc1)N(C)CCC(NC(=O)OC(C)(C)C)C(C)C.I. The number of alkyl carbamates (subject to hydrolysis) is 1. The highest BCUT2D eigenvalue weighted by Crippen LogP contribution is 2.11. The predicted molar refractivity (Wildman–Crippen MR) is 140 cm³/mol. The minimum absolute atomic E-state index is 0. The summed E-state index contributed by atoms with van der Waals surface area (Å²) in [7, 11) is 2.64. The molecule has 2 N–H and O–H groups in total. The molecular weight excluding hydrogens is 527 g/mol. The zero-order chi connectivity index (χ0) is 22.7. The third-order valence-corrected chi connectivity index (χ3v) is 5.81. The molecule has 0 aromatic heterocycles. The number of halogens is 1. The average Bonchev–Trinajstić information content (AvgIpc) is 2.67. The van der Waals surface area contributed by atoms with Crippen LogP contribution >= 0.6 is 24.0 Å². The Balaban J connectivity index is 0.00000900. The van der Waals surface area contributed by atoms with Gasteiger partial charge in [-0.15, -0.1) is 24.0 Å². The van der Waals surface area contributed by atoms with Gasteiger partial charge in [0.1, 0.15) is 5.60 Å². The fraction of sp³-hybridized carbons (Fsp3) is 0.636. The molecule has 0 bridgehead atoms. The summed E-state index contributed by atoms with van der Waals surface area (Å²) in [5, 5.41) is 6.24. The quantitative estimate of drug-likeness (QED) is 0.270. The lowest BCUT2D eigenvalue weighted by atomic mass is 10.0. The number of benzene rings is 1. The maximum atomic E-state index is 12.3. The van der Waals surface area contributed by atoms with E-state index in [1.807, 2.05) is 63.1 Å². The summed E-state index contributed by atoms with van der Waals surface area (Å²) in [6.45, 7) is 11.0. The molecule has 0 saturated carbocycles. The van der Waals surface area contributed by atoms with Crippen molar-refractivity contribution in [3.63, 3.8) is 0 Å². The van der Waals surface area contributed by atoms with Crippen molar-refractivity contribution in [3.05, 3.63) is 30.3 Å². The summed E-state index contributed by atoms with van der Waals surface area (Å²) in [5.41, 5.74) is -0.520. The first kappa shape index (κ1) is 29.6. The van der Waals surface area contributed by atoms with E-state index >= 15 is 0 Å². The number of hydrogen-bond acceptors (Lipinski definition) is 4. The first-order valence-corrected chi connectivity index (χ1v) is 11.7. The molecule has 0 radical (unpaired) electrons. The van der Waals surface area contributed by atoms with E-state index in [-0.39, 0.29) is 35.9 Å². The second kappa shape index (κ2) is 14.7. The third-order valence-electron chi connectivity index (χ3n) is 4.43. The summed E-state index contributed by atoms with van der Waals surface area (Å²) in [4.78, 5) is 19.3. The molecule has 9 heteroatoms. The van der Waals surface area contributed by atoms with Crippen molar-refractivity contribution in [1.82, 2.24) is 15.5 Å². The molecule has 0 aliphatic carbocycles. The fourth-order valence-corrected chi connectivity index (χ4v) is 3.78. The van der Waals surface area contributed by atoms with Crippen molar-refractivity contribution in [2.45, 2.75) is 57.6 Å². The molecule has 0 spiro atoms. The van der Waals surface area contributed by atoms with Gasteiger partial charge in [0, 0.05) is 43.9 Å². The van der Waals surface area contributed by atoms with E-state index in [1.165, 1.54) is 0 Å². The van der Waals surface area contributed by atoms with Gasteiger partial charge in [-0.1, -0.05) is 32.0 Å². The lowest BCUT2D eigenvalue weighted by Crippen LogP contribution is -2.45. The summed E-state index contributed by atoms with van der Waals surface area (Å²) in [6.07, 6.45) is 0.360. The van der Waals surface area contributed by atoms with Crippen LogP contribution in [0.2, 0.25) is 0 Å². The Morgan fingerprint density at radius 1 is 1.23 bits per heavy atom. The summed E-state index contributed by atoms with van der Waals surface area (Å²) >= 11 is 0. The highest BCUT2D eigenvalue weighted by Gasteiger charge is 2.22. The van der Waals surface area contributed by atoms with Crippen molar-refractivity contribution in [1.29, 1.82) is 0 Å². The van der Waals surface area contributed by atoms with Crippen molar-refractivity contribution >= 4 is 46.8 Å². The van der Waals surface area contributed by atoms with Crippen molar-refractivity contribution in [2.75, 3.05) is 32.9 Å². The Labute approximate surface area is 207 Å². The number of rotatable bonds is 9. The van der Waals surface area contributed by atoms with Gasteiger partial charge in [0.25, 0.3) is 0 Å². The Bertz CT molecular complexity index is 708. The van der Waals surface area contributed by atoms with Crippen LogP contribution in [0.15, 0.2) is 40.2 Å². The Morgan fingerprint density at radius 2 is 1.84 bits per heavy atom. The fourth-order valence-electron chi connectivity index (χ4n) is 2.80. The number of aliphatic imine (C=N–C) groups is 1. The van der Waals surface area contributed by atoms with Crippen LogP contribution in [-0.4, -0.2) is 65.7 Å². The van der Waals surface area contributed by atoms with E-state index in [4.69, 9.17) is 4.74 Å². The number of ether oxygens (including phenoxy) is 1. The Kier molecular flexibility index (Phi) is 14.0. The van der Waals surface area contributed by atoms with Gasteiger partial charge in [0.2, 0.25) is 0 Å². The first-order valence-electron chi connectivity index (χ1n) is 10.4. The second-order valence-corrected chi connectivity index (χ2v) is 10.1. The molecule has 1 aromatic carbocycles. The zero-order valence-electron chi connectivity index (χ0n) is 19.8. The van der Waals surface area contributed by atoms with Gasteiger partial charge in [-0.3, -0.25) is 9.20 Å².